The zero-order chi connectivity index (χ0) is 22.5. The predicted molar refractivity (Wildman–Crippen MR) is 144 cm³/mol. The highest BCUT2D eigenvalue weighted by Gasteiger charge is 2.10. The van der Waals surface area contributed by atoms with Crippen LogP contribution in [0.15, 0.2) is 86.5 Å². The van der Waals surface area contributed by atoms with E-state index in [0.29, 0.717) is 0 Å². The molecule has 0 saturated carbocycles. The molecule has 0 unspecified atom stereocenters. The molecule has 0 spiro atoms. The molecular formula is C29H30N2S2. The summed E-state index contributed by atoms with van der Waals surface area (Å²) in [6.45, 7) is 4.17. The van der Waals surface area contributed by atoms with Crippen LogP contribution < -0.4 is 0 Å². The Morgan fingerprint density at radius 3 is 1.48 bits per heavy atom. The van der Waals surface area contributed by atoms with Crippen molar-refractivity contribution in [3.63, 3.8) is 0 Å². The molecule has 3 aromatic rings. The SMILES string of the molecule is Cc1cc(SCc2ccc(C3=NCCC3)cc2)cc(SCc2ccc(C3=NCCC3)cc2)c1. The van der Waals surface area contributed by atoms with Crippen molar-refractivity contribution in [2.75, 3.05) is 13.1 Å². The zero-order valence-electron chi connectivity index (χ0n) is 19.2. The Hall–Kier alpha value is -2.30. The summed E-state index contributed by atoms with van der Waals surface area (Å²) >= 11 is 3.84. The van der Waals surface area contributed by atoms with Crippen LogP contribution >= 0.6 is 23.5 Å². The fraction of sp³-hybridized carbons (Fsp3) is 0.310. The minimum absolute atomic E-state index is 0.988. The smallest absolute Gasteiger partial charge is 0.0421 e. The lowest BCUT2D eigenvalue weighted by molar-refractivity contribution is 0.951. The lowest BCUT2D eigenvalue weighted by atomic mass is 10.1. The molecule has 0 atom stereocenters. The molecule has 0 aromatic heterocycles. The van der Waals surface area contributed by atoms with E-state index in [1.54, 1.807) is 0 Å². The molecule has 0 N–H and O–H groups in total. The first-order valence-corrected chi connectivity index (χ1v) is 13.8. The fourth-order valence-corrected chi connectivity index (χ4v) is 6.44. The zero-order valence-corrected chi connectivity index (χ0v) is 20.9. The third-order valence-corrected chi connectivity index (χ3v) is 8.25. The van der Waals surface area contributed by atoms with Crippen LogP contribution in [-0.2, 0) is 11.5 Å². The predicted octanol–water partition coefficient (Wildman–Crippen LogP) is 7.75. The number of nitrogens with zero attached hydrogens (tertiary/aromatic N) is 2. The van der Waals surface area contributed by atoms with Crippen LogP contribution in [0.3, 0.4) is 0 Å². The van der Waals surface area contributed by atoms with Crippen LogP contribution in [-0.4, -0.2) is 24.5 Å². The van der Waals surface area contributed by atoms with Crippen molar-refractivity contribution in [1.29, 1.82) is 0 Å². The van der Waals surface area contributed by atoms with Gasteiger partial charge in [-0.1, -0.05) is 48.5 Å². The van der Waals surface area contributed by atoms with Gasteiger partial charge in [0.15, 0.2) is 0 Å². The molecule has 5 rings (SSSR count). The second-order valence-corrected chi connectivity index (χ2v) is 10.9. The van der Waals surface area contributed by atoms with Crippen molar-refractivity contribution in [1.82, 2.24) is 0 Å². The molecule has 2 heterocycles. The van der Waals surface area contributed by atoms with Gasteiger partial charge in [0.1, 0.15) is 0 Å². The molecule has 3 aromatic carbocycles. The molecule has 2 aliphatic heterocycles. The topological polar surface area (TPSA) is 24.7 Å². The summed E-state index contributed by atoms with van der Waals surface area (Å²) in [6, 6.07) is 24.9. The minimum Gasteiger partial charge on any atom is -0.289 e. The molecule has 168 valence electrons. The third kappa shape index (κ3) is 5.99. The highest BCUT2D eigenvalue weighted by Crippen LogP contribution is 2.31. The Morgan fingerprint density at radius 2 is 1.09 bits per heavy atom. The van der Waals surface area contributed by atoms with Crippen LogP contribution in [0.2, 0.25) is 0 Å². The highest BCUT2D eigenvalue weighted by molar-refractivity contribution is 7.99. The monoisotopic (exact) mass is 470 g/mol. The number of rotatable bonds is 8. The van der Waals surface area contributed by atoms with Crippen LogP contribution in [0.4, 0.5) is 0 Å². The van der Waals surface area contributed by atoms with Gasteiger partial charge in [0.2, 0.25) is 0 Å². The molecule has 2 nitrogen and oxygen atoms in total. The van der Waals surface area contributed by atoms with Gasteiger partial charge in [-0.3, -0.25) is 9.98 Å². The molecule has 0 amide bonds. The fourth-order valence-electron chi connectivity index (χ4n) is 4.35. The van der Waals surface area contributed by atoms with E-state index in [9.17, 15) is 0 Å². The molecular weight excluding hydrogens is 440 g/mol. The van der Waals surface area contributed by atoms with E-state index >= 15 is 0 Å². The van der Waals surface area contributed by atoms with Crippen LogP contribution in [0.5, 0.6) is 0 Å². The van der Waals surface area contributed by atoms with Gasteiger partial charge < -0.3 is 0 Å². The summed E-state index contributed by atoms with van der Waals surface area (Å²) in [5.74, 6) is 1.98. The van der Waals surface area contributed by atoms with Crippen LogP contribution in [0.25, 0.3) is 0 Å². The van der Waals surface area contributed by atoms with Crippen molar-refractivity contribution in [2.45, 2.75) is 53.9 Å². The number of aryl methyl sites for hydroxylation is 1. The van der Waals surface area contributed by atoms with Gasteiger partial charge in [0.25, 0.3) is 0 Å². The van der Waals surface area contributed by atoms with Gasteiger partial charge in [-0.15, -0.1) is 23.5 Å². The Morgan fingerprint density at radius 1 is 0.636 bits per heavy atom. The van der Waals surface area contributed by atoms with E-state index < -0.39 is 0 Å². The van der Waals surface area contributed by atoms with E-state index in [1.165, 1.54) is 61.9 Å². The largest absolute Gasteiger partial charge is 0.289 e. The summed E-state index contributed by atoms with van der Waals surface area (Å²) in [6.07, 6.45) is 4.64. The second kappa shape index (κ2) is 10.8. The standard InChI is InChI=1S/C29H30N2S2/c1-21-16-26(32-19-22-6-10-24(11-7-22)28-4-2-14-30-28)18-27(17-21)33-20-23-8-12-25(13-9-23)29-5-3-15-31-29/h6-13,16-18H,2-5,14-15,19-20H2,1H3. The third-order valence-electron chi connectivity index (χ3n) is 6.16. The Labute approximate surface area is 206 Å². The molecule has 0 radical (unpaired) electrons. The first-order chi connectivity index (χ1) is 16.2. The molecule has 0 bridgehead atoms. The van der Waals surface area contributed by atoms with Gasteiger partial charge in [-0.2, -0.15) is 0 Å². The van der Waals surface area contributed by atoms with E-state index in [2.05, 4.69) is 83.6 Å². The Bertz CT molecular complexity index is 1070. The summed E-state index contributed by atoms with van der Waals surface area (Å²) in [7, 11) is 0. The van der Waals surface area contributed by atoms with Crippen LogP contribution in [0, 0.1) is 6.92 Å². The molecule has 0 fully saturated rings. The van der Waals surface area contributed by atoms with Gasteiger partial charge >= 0.3 is 0 Å². The Kier molecular flexibility index (Phi) is 7.33. The molecule has 4 heteroatoms. The number of benzene rings is 3. The quantitative estimate of drug-likeness (QED) is 0.314. The summed E-state index contributed by atoms with van der Waals surface area (Å²) < 4.78 is 0. The molecule has 0 saturated heterocycles. The van der Waals surface area contributed by atoms with E-state index in [0.717, 1.165) is 37.4 Å². The summed E-state index contributed by atoms with van der Waals surface area (Å²) in [5.41, 5.74) is 9.19. The molecule has 0 aliphatic carbocycles. The molecule has 2 aliphatic rings. The van der Waals surface area contributed by atoms with E-state index in [4.69, 9.17) is 0 Å². The average Bonchev–Trinajstić information content (AvgIpc) is 3.57. The minimum atomic E-state index is 0.988. The van der Waals surface area contributed by atoms with Crippen LogP contribution in [0.1, 0.15) is 53.5 Å². The Balaban J connectivity index is 1.17. The average molecular weight is 471 g/mol. The number of aliphatic imine (C=N–C) groups is 2. The van der Waals surface area contributed by atoms with Crippen molar-refractivity contribution >= 4 is 34.9 Å². The van der Waals surface area contributed by atoms with E-state index in [1.807, 2.05) is 23.5 Å². The van der Waals surface area contributed by atoms with Gasteiger partial charge in [0.05, 0.1) is 0 Å². The highest BCUT2D eigenvalue weighted by atomic mass is 32.2. The first-order valence-electron chi connectivity index (χ1n) is 11.9. The summed E-state index contributed by atoms with van der Waals surface area (Å²) in [5, 5.41) is 0. The number of hydrogen-bond donors (Lipinski definition) is 0. The number of hydrogen-bond acceptors (Lipinski definition) is 4. The van der Waals surface area contributed by atoms with Gasteiger partial charge in [0, 0.05) is 45.8 Å². The maximum absolute atomic E-state index is 4.61. The summed E-state index contributed by atoms with van der Waals surface area (Å²) in [4.78, 5) is 11.9. The van der Waals surface area contributed by atoms with E-state index in [-0.39, 0.29) is 0 Å². The van der Waals surface area contributed by atoms with Crippen molar-refractivity contribution in [2.24, 2.45) is 9.98 Å². The number of thioether (sulfide) groups is 2. The molecule has 33 heavy (non-hydrogen) atoms. The first kappa shape index (κ1) is 22.5. The lowest BCUT2D eigenvalue weighted by Crippen LogP contribution is -1.96. The second-order valence-electron chi connectivity index (χ2n) is 8.82. The van der Waals surface area contributed by atoms with Gasteiger partial charge in [-0.05, 0) is 78.6 Å². The maximum Gasteiger partial charge on any atom is 0.0421 e. The van der Waals surface area contributed by atoms with Crippen molar-refractivity contribution in [3.8, 4) is 0 Å². The normalized spacial score (nSPS) is 15.5. The van der Waals surface area contributed by atoms with Gasteiger partial charge in [-0.25, -0.2) is 0 Å². The lowest BCUT2D eigenvalue weighted by Gasteiger charge is -2.09. The maximum atomic E-state index is 4.61. The van der Waals surface area contributed by atoms with Crippen molar-refractivity contribution < 1.29 is 0 Å². The van der Waals surface area contributed by atoms with Crippen molar-refractivity contribution in [3.05, 3.63) is 94.5 Å².